The number of carbonyl (C=O) groups excluding carboxylic acids is 1. The van der Waals surface area contributed by atoms with Gasteiger partial charge >= 0.3 is 5.97 Å². The van der Waals surface area contributed by atoms with Crippen LogP contribution in [0.3, 0.4) is 0 Å². The fourth-order valence-electron chi connectivity index (χ4n) is 3.66. The van der Waals surface area contributed by atoms with Crippen LogP contribution in [0.25, 0.3) is 6.08 Å². The monoisotopic (exact) mass is 478 g/mol. The number of nitrogens with one attached hydrogen (secondary N) is 2. The van der Waals surface area contributed by atoms with Gasteiger partial charge < -0.3 is 34.4 Å². The van der Waals surface area contributed by atoms with E-state index in [9.17, 15) is 9.59 Å². The molecule has 190 valence electrons. The molecule has 2 heterocycles. The van der Waals surface area contributed by atoms with Crippen molar-refractivity contribution in [1.82, 2.24) is 10.3 Å². The van der Waals surface area contributed by atoms with Gasteiger partial charge in [-0.2, -0.15) is 0 Å². The van der Waals surface area contributed by atoms with Crippen molar-refractivity contribution in [3.63, 3.8) is 0 Å². The summed E-state index contributed by atoms with van der Waals surface area (Å²) in [5.74, 6) is -0.611. The first-order valence-electron chi connectivity index (χ1n) is 11.9. The van der Waals surface area contributed by atoms with Crippen molar-refractivity contribution >= 4 is 18.0 Å². The highest BCUT2D eigenvalue weighted by atomic mass is 16.6. The van der Waals surface area contributed by atoms with E-state index in [4.69, 9.17) is 24.1 Å². The topological polar surface area (TPSA) is 119 Å². The van der Waals surface area contributed by atoms with E-state index in [2.05, 4.69) is 23.3 Å². The van der Waals surface area contributed by atoms with E-state index in [0.29, 0.717) is 31.1 Å². The first kappa shape index (κ1) is 27.5. The van der Waals surface area contributed by atoms with Crippen molar-refractivity contribution in [3.05, 3.63) is 40.2 Å². The minimum Gasteiger partial charge on any atom is -0.485 e. The van der Waals surface area contributed by atoms with Gasteiger partial charge in [0.1, 0.15) is 13.2 Å². The summed E-state index contributed by atoms with van der Waals surface area (Å²) < 4.78 is 21.5. The summed E-state index contributed by atoms with van der Waals surface area (Å²) >= 11 is 0. The molecule has 3 N–H and O–H groups in total. The van der Waals surface area contributed by atoms with Crippen molar-refractivity contribution < 1.29 is 33.6 Å². The number of aromatic nitrogens is 1. The average Bonchev–Trinajstić information content (AvgIpc) is 3.32. The largest absolute Gasteiger partial charge is 0.485 e. The van der Waals surface area contributed by atoms with Crippen LogP contribution in [0.2, 0.25) is 0 Å². The molecule has 9 nitrogen and oxygen atoms in total. The Morgan fingerprint density at radius 2 is 1.68 bits per heavy atom. The molecule has 1 aromatic heterocycles. The number of H-pyrrole nitrogens is 1. The summed E-state index contributed by atoms with van der Waals surface area (Å²) in [5, 5.41) is 11.7. The lowest BCUT2D eigenvalue weighted by Crippen LogP contribution is -2.18. The molecule has 0 atom stereocenters. The number of carbonyl (C=O) groups is 2. The minimum atomic E-state index is -0.750. The highest BCUT2D eigenvalue weighted by Gasteiger charge is 2.31. The number of ether oxygens (including phenoxy) is 4. The molecule has 0 spiro atoms. The molecule has 0 fully saturated rings. The van der Waals surface area contributed by atoms with Crippen LogP contribution in [0.1, 0.15) is 62.4 Å². The molecular formula is C25H38N2O7. The zero-order valence-electron chi connectivity index (χ0n) is 20.5. The van der Waals surface area contributed by atoms with Crippen LogP contribution < -0.4 is 5.32 Å². The molecule has 34 heavy (non-hydrogen) atoms. The molecule has 1 aliphatic heterocycles. The van der Waals surface area contributed by atoms with Crippen LogP contribution in [0, 0.1) is 0 Å². The highest BCUT2D eigenvalue weighted by Crippen LogP contribution is 2.26. The van der Waals surface area contributed by atoms with E-state index in [1.807, 2.05) is 6.08 Å². The van der Waals surface area contributed by atoms with Crippen LogP contribution in [0.15, 0.2) is 23.3 Å². The minimum absolute atomic E-state index is 0.135. The molecular weight excluding hydrogens is 440 g/mol. The Morgan fingerprint density at radius 1 is 0.971 bits per heavy atom. The summed E-state index contributed by atoms with van der Waals surface area (Å²) in [5.41, 5.74) is 3.80. The number of carboxylic acid groups (broad SMARTS) is 1. The molecule has 0 aromatic carbocycles. The first-order chi connectivity index (χ1) is 16.5. The predicted molar refractivity (Wildman–Crippen MR) is 128 cm³/mol. The van der Waals surface area contributed by atoms with Gasteiger partial charge in [0, 0.05) is 32.0 Å². The number of aliphatic carboxylic acids is 1. The summed E-state index contributed by atoms with van der Waals surface area (Å²) in [4.78, 5) is 26.7. The van der Waals surface area contributed by atoms with Crippen molar-refractivity contribution in [2.75, 3.05) is 40.6 Å². The predicted octanol–water partition coefficient (Wildman–Crippen LogP) is 3.55. The quantitative estimate of drug-likeness (QED) is 0.276. The van der Waals surface area contributed by atoms with Gasteiger partial charge in [-0.05, 0) is 49.8 Å². The van der Waals surface area contributed by atoms with Gasteiger partial charge in [0.15, 0.2) is 5.76 Å². The van der Waals surface area contributed by atoms with Crippen LogP contribution in [-0.2, 0) is 41.4 Å². The van der Waals surface area contributed by atoms with E-state index < -0.39 is 5.97 Å². The Labute approximate surface area is 201 Å². The summed E-state index contributed by atoms with van der Waals surface area (Å²) in [6.07, 6.45) is 8.53. The van der Waals surface area contributed by atoms with E-state index in [1.165, 1.54) is 11.3 Å². The van der Waals surface area contributed by atoms with Crippen molar-refractivity contribution in [3.8, 4) is 0 Å². The van der Waals surface area contributed by atoms with Crippen LogP contribution >= 0.6 is 0 Å². The number of unbranched alkanes of at least 4 members (excludes halogenated alkanes) is 3. The lowest BCUT2D eigenvalue weighted by atomic mass is 10.0. The lowest BCUT2D eigenvalue weighted by Gasteiger charge is -2.10. The molecule has 0 radical (unpaired) electrons. The number of hydrogen-bond donors (Lipinski definition) is 3. The zero-order chi connectivity index (χ0) is 24.8. The number of aryl methyl sites for hydroxylation is 2. The second-order valence-corrected chi connectivity index (χ2v) is 8.14. The van der Waals surface area contributed by atoms with Gasteiger partial charge in [-0.15, -0.1) is 0 Å². The molecule has 0 aliphatic carbocycles. The molecule has 1 aliphatic rings. The van der Waals surface area contributed by atoms with Crippen molar-refractivity contribution in [2.45, 2.75) is 58.3 Å². The van der Waals surface area contributed by atoms with E-state index >= 15 is 0 Å². The molecule has 0 saturated carbocycles. The molecule has 1 aromatic rings. The van der Waals surface area contributed by atoms with E-state index in [-0.39, 0.29) is 31.3 Å². The van der Waals surface area contributed by atoms with Gasteiger partial charge in [-0.3, -0.25) is 9.59 Å². The normalized spacial score (nSPS) is 14.7. The first-order valence-corrected chi connectivity index (χ1v) is 11.9. The molecule has 9 heteroatoms. The molecule has 2 rings (SSSR count). The summed E-state index contributed by atoms with van der Waals surface area (Å²) in [6, 6.07) is 2.10. The number of carboxylic acids is 1. The van der Waals surface area contributed by atoms with Crippen LogP contribution in [-0.4, -0.2) is 62.6 Å². The number of aromatic amines is 1. The Bertz CT molecular complexity index is 857. The SMILES string of the molecule is CCCCc1[nH]c(C=C2NC(=O)C(OCCOC)=C2OCCOC)cc1CCCCCC(=O)O. The average molecular weight is 479 g/mol. The third-order valence-electron chi connectivity index (χ3n) is 5.40. The van der Waals surface area contributed by atoms with Gasteiger partial charge in [0.2, 0.25) is 5.76 Å². The zero-order valence-corrected chi connectivity index (χ0v) is 20.5. The van der Waals surface area contributed by atoms with Gasteiger partial charge in [-0.1, -0.05) is 19.8 Å². The third-order valence-corrected chi connectivity index (χ3v) is 5.40. The number of rotatable bonds is 18. The maximum Gasteiger partial charge on any atom is 0.303 e. The lowest BCUT2D eigenvalue weighted by molar-refractivity contribution is -0.137. The summed E-state index contributed by atoms with van der Waals surface area (Å²) in [7, 11) is 3.15. The Hall–Kier alpha value is -2.78. The van der Waals surface area contributed by atoms with E-state index in [1.54, 1.807) is 14.2 Å². The third kappa shape index (κ3) is 8.87. The van der Waals surface area contributed by atoms with Crippen LogP contribution in [0.5, 0.6) is 0 Å². The van der Waals surface area contributed by atoms with E-state index in [0.717, 1.165) is 44.2 Å². The van der Waals surface area contributed by atoms with Crippen LogP contribution in [0.4, 0.5) is 0 Å². The van der Waals surface area contributed by atoms with Gasteiger partial charge in [0.05, 0.1) is 18.9 Å². The maximum absolute atomic E-state index is 12.5. The Morgan fingerprint density at radius 3 is 2.32 bits per heavy atom. The number of hydrogen-bond acceptors (Lipinski definition) is 6. The second-order valence-electron chi connectivity index (χ2n) is 8.14. The van der Waals surface area contributed by atoms with Crippen molar-refractivity contribution in [1.29, 1.82) is 0 Å². The number of amides is 1. The maximum atomic E-state index is 12.5. The smallest absolute Gasteiger partial charge is 0.303 e. The molecule has 0 saturated heterocycles. The standard InChI is InChI=1S/C25H38N2O7/c1-4-5-10-20-18(9-7-6-8-11-22(28)29)16-19(26-20)17-21-23(33-14-12-31-2)24(25(30)27-21)34-15-13-32-3/h16-17,26H,4-15H2,1-3H3,(H,27,30)(H,28,29). The Kier molecular flexibility index (Phi) is 12.3. The molecule has 0 bridgehead atoms. The fourth-order valence-corrected chi connectivity index (χ4v) is 3.66. The molecule has 1 amide bonds. The summed E-state index contributed by atoms with van der Waals surface area (Å²) in [6.45, 7) is 3.41. The highest BCUT2D eigenvalue weighted by molar-refractivity contribution is 5.99. The fraction of sp³-hybridized carbons (Fsp3) is 0.600. The second kappa shape index (κ2) is 15.2. The van der Waals surface area contributed by atoms with Crippen molar-refractivity contribution in [2.24, 2.45) is 0 Å². The Balaban J connectivity index is 2.20. The number of methoxy groups -OCH3 is 2. The van der Waals surface area contributed by atoms with Gasteiger partial charge in [-0.25, -0.2) is 0 Å². The molecule has 0 unspecified atom stereocenters. The van der Waals surface area contributed by atoms with Gasteiger partial charge in [0.25, 0.3) is 5.91 Å².